The van der Waals surface area contributed by atoms with Crippen LogP contribution in [0.15, 0.2) is 64.7 Å². The summed E-state index contributed by atoms with van der Waals surface area (Å²) < 4.78 is 0. The largest absolute Gasteiger partial charge is 0.478 e. The Morgan fingerprint density at radius 3 is 2.97 bits per heavy atom. The molecule has 154 valence electrons. The molecule has 9 heteroatoms. The number of hydrogen-bond donors (Lipinski definition) is 4. The van der Waals surface area contributed by atoms with E-state index in [-0.39, 0.29) is 16.6 Å². The molecule has 0 amide bonds. The lowest BCUT2D eigenvalue weighted by atomic mass is 9.90. The standard InChI is InChI=1S/C21H19ClN4O2S2/c22-16-9-13(20(27)28)10-23-19(16)25-26-21(29)24-18-14-6-2-1-5-12(14)11-30-17-8-4-3-7-15(17)18/h2-4,6-10,18H,1,5,11H2,(H,23,25)(H,27,28)(H2,24,26,29). The van der Waals surface area contributed by atoms with E-state index in [0.717, 1.165) is 18.6 Å². The van der Waals surface area contributed by atoms with Gasteiger partial charge in [-0.2, -0.15) is 0 Å². The van der Waals surface area contributed by atoms with Crippen molar-refractivity contribution in [2.75, 3.05) is 11.2 Å². The lowest BCUT2D eigenvalue weighted by Crippen LogP contribution is -2.41. The zero-order valence-corrected chi connectivity index (χ0v) is 18.2. The first kappa shape index (κ1) is 20.7. The molecule has 1 aromatic carbocycles. The number of carboxylic acids is 1. The highest BCUT2D eigenvalue weighted by atomic mass is 35.5. The number of anilines is 1. The van der Waals surface area contributed by atoms with Gasteiger partial charge in [-0.25, -0.2) is 9.78 Å². The van der Waals surface area contributed by atoms with Crippen LogP contribution in [0.5, 0.6) is 0 Å². The molecule has 2 aliphatic rings. The monoisotopic (exact) mass is 458 g/mol. The number of allylic oxidation sites excluding steroid dienone is 1. The van der Waals surface area contributed by atoms with Gasteiger partial charge in [-0.1, -0.05) is 47.5 Å². The number of carboxylic acid groups (broad SMARTS) is 1. The Morgan fingerprint density at radius 1 is 1.33 bits per heavy atom. The van der Waals surface area contributed by atoms with Crippen molar-refractivity contribution in [1.29, 1.82) is 0 Å². The van der Waals surface area contributed by atoms with E-state index in [9.17, 15) is 4.79 Å². The van der Waals surface area contributed by atoms with Gasteiger partial charge in [0.05, 0.1) is 16.6 Å². The summed E-state index contributed by atoms with van der Waals surface area (Å²) in [6.07, 6.45) is 7.74. The molecular weight excluding hydrogens is 440 g/mol. The molecule has 1 atom stereocenters. The second kappa shape index (κ2) is 9.07. The molecular formula is C21H19ClN4O2S2. The Hall–Kier alpha value is -2.55. The van der Waals surface area contributed by atoms with Gasteiger partial charge in [-0.3, -0.25) is 10.9 Å². The van der Waals surface area contributed by atoms with Crippen molar-refractivity contribution >= 4 is 52.5 Å². The molecule has 2 aromatic rings. The number of aromatic carboxylic acids is 1. The van der Waals surface area contributed by atoms with Crippen LogP contribution in [-0.2, 0) is 0 Å². The van der Waals surface area contributed by atoms with Crippen LogP contribution >= 0.6 is 35.6 Å². The third-order valence-electron chi connectivity index (χ3n) is 4.92. The van der Waals surface area contributed by atoms with Crippen molar-refractivity contribution < 1.29 is 9.90 Å². The van der Waals surface area contributed by atoms with Gasteiger partial charge in [0.1, 0.15) is 0 Å². The maximum Gasteiger partial charge on any atom is 0.337 e. The minimum atomic E-state index is -1.09. The number of nitrogens with one attached hydrogen (secondary N) is 3. The van der Waals surface area contributed by atoms with Gasteiger partial charge in [0.2, 0.25) is 0 Å². The summed E-state index contributed by atoms with van der Waals surface area (Å²) >= 11 is 13.5. The number of fused-ring (bicyclic) bond motifs is 1. The average molecular weight is 459 g/mol. The molecule has 0 radical (unpaired) electrons. The zero-order chi connectivity index (χ0) is 21.1. The highest BCUT2D eigenvalue weighted by molar-refractivity contribution is 7.99. The van der Waals surface area contributed by atoms with Crippen LogP contribution < -0.4 is 16.2 Å². The first-order valence-electron chi connectivity index (χ1n) is 9.34. The quantitative estimate of drug-likeness (QED) is 0.387. The third-order valence-corrected chi connectivity index (χ3v) is 6.60. The zero-order valence-electron chi connectivity index (χ0n) is 15.8. The van der Waals surface area contributed by atoms with E-state index in [1.807, 2.05) is 17.8 Å². The summed E-state index contributed by atoms with van der Waals surface area (Å²) in [5, 5.41) is 13.0. The fraction of sp³-hybridized carbons (Fsp3) is 0.190. The van der Waals surface area contributed by atoms with Gasteiger partial charge < -0.3 is 10.4 Å². The van der Waals surface area contributed by atoms with E-state index >= 15 is 0 Å². The van der Waals surface area contributed by atoms with Gasteiger partial charge >= 0.3 is 5.97 Å². The second-order valence-corrected chi connectivity index (χ2v) is 8.68. The van der Waals surface area contributed by atoms with Crippen LogP contribution in [0, 0.1) is 0 Å². The SMILES string of the molecule is O=C(O)c1cnc(NNC(=S)NC2C3=C(CCC=C3)CSc3ccccc32)c(Cl)c1. The first-order valence-corrected chi connectivity index (χ1v) is 11.1. The number of thiocarbonyl (C=S) groups is 1. The van der Waals surface area contributed by atoms with Crippen LogP contribution in [-0.4, -0.2) is 26.9 Å². The number of hydrogen-bond acceptors (Lipinski definition) is 5. The topological polar surface area (TPSA) is 86.3 Å². The molecule has 0 bridgehead atoms. The van der Waals surface area contributed by atoms with E-state index in [1.165, 1.54) is 33.9 Å². The van der Waals surface area contributed by atoms with Crippen LogP contribution in [0.25, 0.3) is 0 Å². The number of pyridine rings is 1. The predicted octanol–water partition coefficient (Wildman–Crippen LogP) is 4.72. The minimum absolute atomic E-state index is 0.0161. The number of halogens is 1. The highest BCUT2D eigenvalue weighted by Gasteiger charge is 2.26. The maximum absolute atomic E-state index is 11.0. The second-order valence-electron chi connectivity index (χ2n) is 6.84. The molecule has 6 nitrogen and oxygen atoms in total. The normalized spacial score (nSPS) is 17.4. The molecule has 1 aliphatic carbocycles. The molecule has 4 N–H and O–H groups in total. The lowest BCUT2D eigenvalue weighted by Gasteiger charge is -2.26. The summed E-state index contributed by atoms with van der Waals surface area (Å²) in [4.78, 5) is 16.3. The van der Waals surface area contributed by atoms with E-state index < -0.39 is 5.97 Å². The number of carbonyl (C=O) groups is 1. The van der Waals surface area contributed by atoms with Crippen molar-refractivity contribution in [2.45, 2.75) is 23.8 Å². The van der Waals surface area contributed by atoms with Crippen LogP contribution in [0.3, 0.4) is 0 Å². The van der Waals surface area contributed by atoms with Crippen LogP contribution in [0.2, 0.25) is 5.02 Å². The Morgan fingerprint density at radius 2 is 2.17 bits per heavy atom. The number of hydrazine groups is 1. The van der Waals surface area contributed by atoms with Crippen molar-refractivity contribution in [3.05, 3.63) is 76.0 Å². The summed E-state index contributed by atoms with van der Waals surface area (Å²) in [7, 11) is 0. The number of rotatable bonds is 4. The van der Waals surface area contributed by atoms with Crippen molar-refractivity contribution in [2.24, 2.45) is 0 Å². The predicted molar refractivity (Wildman–Crippen MR) is 124 cm³/mol. The fourth-order valence-corrected chi connectivity index (χ4v) is 5.00. The number of benzene rings is 1. The molecule has 1 unspecified atom stereocenters. The lowest BCUT2D eigenvalue weighted by molar-refractivity contribution is 0.0696. The Labute approximate surface area is 188 Å². The smallest absolute Gasteiger partial charge is 0.337 e. The first-order chi connectivity index (χ1) is 14.5. The van der Waals surface area contributed by atoms with Gasteiger partial charge in [-0.15, -0.1) is 11.8 Å². The minimum Gasteiger partial charge on any atom is -0.478 e. The van der Waals surface area contributed by atoms with Gasteiger partial charge in [-0.05, 0) is 48.3 Å². The number of aromatic nitrogens is 1. The van der Waals surface area contributed by atoms with E-state index in [1.54, 1.807) is 0 Å². The van der Waals surface area contributed by atoms with Crippen LogP contribution in [0.4, 0.5) is 5.82 Å². The van der Waals surface area contributed by atoms with Gasteiger partial charge in [0.25, 0.3) is 0 Å². The number of nitrogens with zero attached hydrogens (tertiary/aromatic N) is 1. The molecule has 30 heavy (non-hydrogen) atoms. The number of thioether (sulfide) groups is 1. The van der Waals surface area contributed by atoms with E-state index in [0.29, 0.717) is 10.9 Å². The molecule has 0 fully saturated rings. The molecule has 2 heterocycles. The molecule has 1 aliphatic heterocycles. The summed E-state index contributed by atoms with van der Waals surface area (Å²) in [6, 6.07) is 9.61. The summed E-state index contributed by atoms with van der Waals surface area (Å²) in [5.41, 5.74) is 9.64. The summed E-state index contributed by atoms with van der Waals surface area (Å²) in [5.74, 6) is 0.179. The summed E-state index contributed by atoms with van der Waals surface area (Å²) in [6.45, 7) is 0. The van der Waals surface area contributed by atoms with Crippen molar-refractivity contribution in [3.8, 4) is 0 Å². The van der Waals surface area contributed by atoms with Crippen molar-refractivity contribution in [1.82, 2.24) is 15.7 Å². The fourth-order valence-electron chi connectivity index (χ4n) is 3.45. The molecule has 0 saturated carbocycles. The van der Waals surface area contributed by atoms with E-state index in [4.69, 9.17) is 28.9 Å². The molecule has 4 rings (SSSR count). The van der Waals surface area contributed by atoms with Gasteiger partial charge in [0.15, 0.2) is 10.9 Å². The van der Waals surface area contributed by atoms with Gasteiger partial charge in [0, 0.05) is 16.8 Å². The van der Waals surface area contributed by atoms with E-state index in [2.05, 4.69) is 51.5 Å². The molecule has 1 aromatic heterocycles. The molecule has 0 saturated heterocycles. The molecule has 0 spiro atoms. The third kappa shape index (κ3) is 4.45. The Kier molecular flexibility index (Phi) is 6.26. The average Bonchev–Trinajstić information content (AvgIpc) is 2.90. The highest BCUT2D eigenvalue weighted by Crippen LogP contribution is 2.41. The maximum atomic E-state index is 11.0. The Balaban J connectivity index is 1.51. The Bertz CT molecular complexity index is 1070. The van der Waals surface area contributed by atoms with Crippen LogP contribution in [0.1, 0.15) is 34.8 Å². The van der Waals surface area contributed by atoms with Crippen molar-refractivity contribution in [3.63, 3.8) is 0 Å².